The van der Waals surface area contributed by atoms with Crippen molar-refractivity contribution < 1.29 is 4.39 Å². The molecule has 0 spiro atoms. The summed E-state index contributed by atoms with van der Waals surface area (Å²) in [5.41, 5.74) is 7.54. The summed E-state index contributed by atoms with van der Waals surface area (Å²) >= 11 is 0. The Morgan fingerprint density at radius 2 is 1.95 bits per heavy atom. The van der Waals surface area contributed by atoms with Crippen LogP contribution in [-0.4, -0.2) is 23.5 Å². The Balaban J connectivity index is 2.28. The van der Waals surface area contributed by atoms with Crippen LogP contribution in [0.1, 0.15) is 57.6 Å². The fourth-order valence-corrected chi connectivity index (χ4v) is 3.28. The number of nitrogens with two attached hydrogens (primary N) is 1. The van der Waals surface area contributed by atoms with E-state index in [-0.39, 0.29) is 17.9 Å². The lowest BCUT2D eigenvalue weighted by molar-refractivity contribution is 0.124. The van der Waals surface area contributed by atoms with Crippen molar-refractivity contribution in [3.8, 4) is 0 Å². The number of hydrogen-bond donors (Lipinski definition) is 1. The molecule has 0 saturated carbocycles. The largest absolute Gasteiger partial charge is 0.326 e. The Labute approximate surface area is 122 Å². The van der Waals surface area contributed by atoms with E-state index in [4.69, 9.17) is 5.73 Å². The predicted octanol–water partition coefficient (Wildman–Crippen LogP) is 3.87. The topological polar surface area (TPSA) is 29.3 Å². The lowest BCUT2D eigenvalue weighted by Crippen LogP contribution is -2.45. The van der Waals surface area contributed by atoms with Crippen LogP contribution < -0.4 is 5.73 Å². The quantitative estimate of drug-likeness (QED) is 0.906. The van der Waals surface area contributed by atoms with E-state index in [1.54, 1.807) is 12.1 Å². The summed E-state index contributed by atoms with van der Waals surface area (Å²) < 4.78 is 13.2. The van der Waals surface area contributed by atoms with Gasteiger partial charge >= 0.3 is 0 Å². The molecule has 20 heavy (non-hydrogen) atoms. The Morgan fingerprint density at radius 1 is 1.25 bits per heavy atom. The molecular weight excluding hydrogens is 251 g/mol. The van der Waals surface area contributed by atoms with Gasteiger partial charge < -0.3 is 5.73 Å². The molecule has 1 aromatic carbocycles. The van der Waals surface area contributed by atoms with E-state index in [1.165, 1.54) is 25.7 Å². The average Bonchev–Trinajstić information content (AvgIpc) is 2.66. The van der Waals surface area contributed by atoms with Crippen LogP contribution in [0.25, 0.3) is 0 Å². The van der Waals surface area contributed by atoms with E-state index < -0.39 is 0 Å². The number of hydrogen-bond acceptors (Lipinski definition) is 2. The highest BCUT2D eigenvalue weighted by atomic mass is 19.1. The van der Waals surface area contributed by atoms with Crippen molar-refractivity contribution in [2.45, 2.75) is 64.1 Å². The number of likely N-dealkylation sites (tertiary alicyclic amines) is 1. The molecule has 1 aliphatic rings. The lowest BCUT2D eigenvalue weighted by atomic mass is 9.94. The predicted molar refractivity (Wildman–Crippen MR) is 82.0 cm³/mol. The van der Waals surface area contributed by atoms with Gasteiger partial charge in [0.15, 0.2) is 0 Å². The van der Waals surface area contributed by atoms with Gasteiger partial charge in [-0.3, -0.25) is 4.90 Å². The molecule has 3 atom stereocenters. The van der Waals surface area contributed by atoms with Crippen LogP contribution in [0.2, 0.25) is 0 Å². The highest BCUT2D eigenvalue weighted by Crippen LogP contribution is 2.31. The van der Waals surface area contributed by atoms with Crippen LogP contribution >= 0.6 is 0 Å². The van der Waals surface area contributed by atoms with Gasteiger partial charge in [-0.05, 0) is 50.4 Å². The molecule has 0 radical (unpaired) electrons. The van der Waals surface area contributed by atoms with Crippen molar-refractivity contribution in [3.63, 3.8) is 0 Å². The minimum absolute atomic E-state index is 0.0982. The van der Waals surface area contributed by atoms with E-state index in [1.807, 2.05) is 12.1 Å². The minimum Gasteiger partial charge on any atom is -0.326 e. The van der Waals surface area contributed by atoms with Crippen molar-refractivity contribution in [2.75, 3.05) is 6.54 Å². The standard InChI is InChI=1S/C17H27FN2/c1-3-16(19)17(14-8-10-15(18)11-9-14)20-12-6-4-5-7-13(20)2/h8-11,13,16-17H,3-7,12,19H2,1-2H3. The maximum Gasteiger partial charge on any atom is 0.123 e. The summed E-state index contributed by atoms with van der Waals surface area (Å²) in [6, 6.07) is 7.74. The third-order valence-electron chi connectivity index (χ3n) is 4.55. The van der Waals surface area contributed by atoms with Crippen LogP contribution in [0.5, 0.6) is 0 Å². The molecule has 1 saturated heterocycles. The second-order valence-electron chi connectivity index (χ2n) is 6.00. The van der Waals surface area contributed by atoms with Gasteiger partial charge in [-0.1, -0.05) is 31.9 Å². The Morgan fingerprint density at radius 3 is 2.60 bits per heavy atom. The molecule has 0 aromatic heterocycles. The van der Waals surface area contributed by atoms with Crippen molar-refractivity contribution >= 4 is 0 Å². The molecule has 0 aliphatic carbocycles. The van der Waals surface area contributed by atoms with Crippen LogP contribution in [0.15, 0.2) is 24.3 Å². The smallest absolute Gasteiger partial charge is 0.123 e. The van der Waals surface area contributed by atoms with E-state index in [0.717, 1.165) is 18.5 Å². The summed E-state index contributed by atoms with van der Waals surface area (Å²) in [6.45, 7) is 5.52. The van der Waals surface area contributed by atoms with Crippen LogP contribution in [0, 0.1) is 5.82 Å². The third kappa shape index (κ3) is 3.58. The van der Waals surface area contributed by atoms with E-state index in [9.17, 15) is 4.39 Å². The van der Waals surface area contributed by atoms with Gasteiger partial charge in [-0.15, -0.1) is 0 Å². The zero-order valence-electron chi connectivity index (χ0n) is 12.7. The summed E-state index contributed by atoms with van der Waals surface area (Å²) in [4.78, 5) is 2.54. The monoisotopic (exact) mass is 278 g/mol. The van der Waals surface area contributed by atoms with Gasteiger partial charge in [0.2, 0.25) is 0 Å². The molecule has 1 fully saturated rings. The maximum absolute atomic E-state index is 13.2. The number of halogens is 1. The van der Waals surface area contributed by atoms with E-state index in [2.05, 4.69) is 18.7 Å². The molecule has 1 aromatic rings. The second kappa shape index (κ2) is 7.19. The van der Waals surface area contributed by atoms with Crippen molar-refractivity contribution in [2.24, 2.45) is 5.73 Å². The Bertz CT molecular complexity index is 404. The molecule has 2 nitrogen and oxygen atoms in total. The Hall–Kier alpha value is -0.930. The lowest BCUT2D eigenvalue weighted by Gasteiger charge is -2.39. The molecule has 0 bridgehead atoms. The highest BCUT2D eigenvalue weighted by molar-refractivity contribution is 5.22. The number of benzene rings is 1. The van der Waals surface area contributed by atoms with Crippen molar-refractivity contribution in [3.05, 3.63) is 35.6 Å². The van der Waals surface area contributed by atoms with Crippen molar-refractivity contribution in [1.29, 1.82) is 0 Å². The van der Waals surface area contributed by atoms with E-state index >= 15 is 0 Å². The minimum atomic E-state index is -0.179. The molecule has 1 aliphatic heterocycles. The molecule has 2 N–H and O–H groups in total. The zero-order chi connectivity index (χ0) is 14.5. The summed E-state index contributed by atoms with van der Waals surface area (Å²) in [6.07, 6.45) is 6.01. The van der Waals surface area contributed by atoms with Crippen molar-refractivity contribution in [1.82, 2.24) is 4.90 Å². The molecule has 1 heterocycles. The van der Waals surface area contributed by atoms with Crippen LogP contribution in [-0.2, 0) is 0 Å². The first-order valence-electron chi connectivity index (χ1n) is 7.90. The molecular formula is C17H27FN2. The fraction of sp³-hybridized carbons (Fsp3) is 0.647. The third-order valence-corrected chi connectivity index (χ3v) is 4.55. The second-order valence-corrected chi connectivity index (χ2v) is 6.00. The van der Waals surface area contributed by atoms with E-state index in [0.29, 0.717) is 6.04 Å². The van der Waals surface area contributed by atoms with Gasteiger partial charge in [0, 0.05) is 12.1 Å². The normalized spacial score (nSPS) is 24.1. The average molecular weight is 278 g/mol. The number of rotatable bonds is 4. The first-order valence-corrected chi connectivity index (χ1v) is 7.90. The first-order chi connectivity index (χ1) is 9.63. The fourth-order valence-electron chi connectivity index (χ4n) is 3.28. The van der Waals surface area contributed by atoms with Crippen LogP contribution in [0.3, 0.4) is 0 Å². The number of nitrogens with zero attached hydrogens (tertiary/aromatic N) is 1. The van der Waals surface area contributed by atoms with Crippen LogP contribution in [0.4, 0.5) is 4.39 Å². The summed E-state index contributed by atoms with van der Waals surface area (Å²) in [7, 11) is 0. The first kappa shape index (κ1) is 15.5. The SMILES string of the molecule is CCC(N)C(c1ccc(F)cc1)N1CCCCCC1C. The highest BCUT2D eigenvalue weighted by Gasteiger charge is 2.29. The zero-order valence-corrected chi connectivity index (χ0v) is 12.7. The Kier molecular flexibility index (Phi) is 5.55. The van der Waals surface area contributed by atoms with Gasteiger partial charge in [-0.25, -0.2) is 4.39 Å². The summed E-state index contributed by atoms with van der Waals surface area (Å²) in [5, 5.41) is 0. The molecule has 112 valence electrons. The maximum atomic E-state index is 13.2. The molecule has 3 heteroatoms. The van der Waals surface area contributed by atoms with Gasteiger partial charge in [0.05, 0.1) is 6.04 Å². The summed E-state index contributed by atoms with van der Waals surface area (Å²) in [5.74, 6) is -0.179. The molecule has 3 unspecified atom stereocenters. The molecule has 2 rings (SSSR count). The van der Waals surface area contributed by atoms with Gasteiger partial charge in [0.1, 0.15) is 5.82 Å². The molecule has 0 amide bonds. The van der Waals surface area contributed by atoms with Gasteiger partial charge in [0.25, 0.3) is 0 Å². The van der Waals surface area contributed by atoms with Gasteiger partial charge in [-0.2, -0.15) is 0 Å².